The zero-order valence-corrected chi connectivity index (χ0v) is 15.5. The Bertz CT molecular complexity index is 779. The van der Waals surface area contributed by atoms with Crippen LogP contribution in [0.25, 0.3) is 0 Å². The van der Waals surface area contributed by atoms with E-state index in [0.29, 0.717) is 33.8 Å². The van der Waals surface area contributed by atoms with E-state index in [-0.39, 0.29) is 11.6 Å². The molecule has 1 heterocycles. The van der Waals surface area contributed by atoms with Gasteiger partial charge in [0.15, 0.2) is 0 Å². The number of carbonyl (C=O) groups excluding carboxylic acids is 2. The first-order valence-corrected chi connectivity index (χ1v) is 8.63. The van der Waals surface area contributed by atoms with E-state index in [1.54, 1.807) is 18.2 Å². The fourth-order valence-corrected chi connectivity index (χ4v) is 2.39. The zero-order valence-electron chi connectivity index (χ0n) is 14.0. The highest BCUT2D eigenvalue weighted by Gasteiger charge is 2.13. The van der Waals surface area contributed by atoms with Crippen molar-refractivity contribution >= 4 is 40.7 Å². The summed E-state index contributed by atoms with van der Waals surface area (Å²) in [6.07, 6.45) is 2.30. The van der Waals surface area contributed by atoms with E-state index in [1.807, 2.05) is 0 Å². The van der Waals surface area contributed by atoms with Crippen molar-refractivity contribution in [1.29, 1.82) is 0 Å². The van der Waals surface area contributed by atoms with Crippen LogP contribution in [0.3, 0.4) is 0 Å². The molecule has 0 spiro atoms. The molecule has 0 aliphatic heterocycles. The van der Waals surface area contributed by atoms with Gasteiger partial charge in [-0.2, -0.15) is 0 Å². The standard InChI is InChI=1S/C18H19Cl2N3O2/c1-11(2)5-7-22-18(25)16-9-12(6-8-21-16)17(24)23-15-10-13(19)3-4-14(15)20/h3-4,6,8-11H,5,7H2,1-2H3,(H,22,25)(H,23,24). The number of aromatic nitrogens is 1. The molecule has 0 fully saturated rings. The molecule has 1 aromatic heterocycles. The van der Waals surface area contributed by atoms with Crippen molar-refractivity contribution in [2.75, 3.05) is 11.9 Å². The van der Waals surface area contributed by atoms with Crippen molar-refractivity contribution in [2.24, 2.45) is 5.92 Å². The Balaban J connectivity index is 2.08. The van der Waals surface area contributed by atoms with Crippen molar-refractivity contribution in [3.63, 3.8) is 0 Å². The second-order valence-electron chi connectivity index (χ2n) is 5.95. The van der Waals surface area contributed by atoms with Crippen LogP contribution in [0.4, 0.5) is 5.69 Å². The number of benzene rings is 1. The molecule has 25 heavy (non-hydrogen) atoms. The Morgan fingerprint density at radius 2 is 1.88 bits per heavy atom. The maximum Gasteiger partial charge on any atom is 0.269 e. The van der Waals surface area contributed by atoms with Gasteiger partial charge < -0.3 is 10.6 Å². The lowest BCUT2D eigenvalue weighted by Crippen LogP contribution is -2.26. The average Bonchev–Trinajstić information content (AvgIpc) is 2.57. The number of nitrogens with one attached hydrogen (secondary N) is 2. The van der Waals surface area contributed by atoms with Gasteiger partial charge in [-0.3, -0.25) is 14.6 Å². The molecule has 0 aliphatic rings. The minimum absolute atomic E-state index is 0.189. The monoisotopic (exact) mass is 379 g/mol. The zero-order chi connectivity index (χ0) is 18.4. The second kappa shape index (κ2) is 8.83. The average molecular weight is 380 g/mol. The van der Waals surface area contributed by atoms with E-state index < -0.39 is 5.91 Å². The lowest BCUT2D eigenvalue weighted by atomic mass is 10.1. The normalized spacial score (nSPS) is 10.6. The van der Waals surface area contributed by atoms with Crippen molar-refractivity contribution in [2.45, 2.75) is 20.3 Å². The fraction of sp³-hybridized carbons (Fsp3) is 0.278. The number of hydrogen-bond donors (Lipinski definition) is 2. The third kappa shape index (κ3) is 5.73. The van der Waals surface area contributed by atoms with Gasteiger partial charge in [0.1, 0.15) is 5.69 Å². The van der Waals surface area contributed by atoms with Crippen molar-refractivity contribution in [1.82, 2.24) is 10.3 Å². The lowest BCUT2D eigenvalue weighted by Gasteiger charge is -2.09. The number of amides is 2. The van der Waals surface area contributed by atoms with Gasteiger partial charge in [-0.1, -0.05) is 37.0 Å². The maximum absolute atomic E-state index is 12.4. The lowest BCUT2D eigenvalue weighted by molar-refractivity contribution is 0.0947. The van der Waals surface area contributed by atoms with Crippen LogP contribution in [0.15, 0.2) is 36.5 Å². The van der Waals surface area contributed by atoms with Gasteiger partial charge in [-0.05, 0) is 42.7 Å². The highest BCUT2D eigenvalue weighted by molar-refractivity contribution is 6.35. The third-order valence-corrected chi connectivity index (χ3v) is 4.00. The molecule has 0 bridgehead atoms. The molecule has 2 aromatic rings. The first-order chi connectivity index (χ1) is 11.9. The van der Waals surface area contributed by atoms with Crippen LogP contribution in [0.1, 0.15) is 41.1 Å². The van der Waals surface area contributed by atoms with Crippen LogP contribution in [0.2, 0.25) is 10.0 Å². The van der Waals surface area contributed by atoms with E-state index in [1.165, 1.54) is 18.3 Å². The minimum atomic E-state index is -0.400. The molecule has 0 radical (unpaired) electrons. The first kappa shape index (κ1) is 19.2. The van der Waals surface area contributed by atoms with E-state index >= 15 is 0 Å². The molecule has 0 saturated heterocycles. The molecule has 2 amide bonds. The number of carbonyl (C=O) groups is 2. The minimum Gasteiger partial charge on any atom is -0.351 e. The largest absolute Gasteiger partial charge is 0.351 e. The van der Waals surface area contributed by atoms with Gasteiger partial charge in [-0.15, -0.1) is 0 Å². The molecule has 7 heteroatoms. The fourth-order valence-electron chi connectivity index (χ4n) is 2.05. The predicted molar refractivity (Wildman–Crippen MR) is 100 cm³/mol. The smallest absolute Gasteiger partial charge is 0.269 e. The highest BCUT2D eigenvalue weighted by atomic mass is 35.5. The highest BCUT2D eigenvalue weighted by Crippen LogP contribution is 2.25. The molecule has 1 aromatic carbocycles. The quantitative estimate of drug-likeness (QED) is 0.780. The predicted octanol–water partition coefficient (Wildman–Crippen LogP) is 4.42. The Kier molecular flexibility index (Phi) is 6.79. The summed E-state index contributed by atoms with van der Waals surface area (Å²) in [6, 6.07) is 7.75. The number of hydrogen-bond acceptors (Lipinski definition) is 3. The van der Waals surface area contributed by atoms with E-state index in [4.69, 9.17) is 23.2 Å². The Labute approximate surface area is 156 Å². The van der Waals surface area contributed by atoms with Gasteiger partial charge in [0, 0.05) is 23.3 Å². The Hall–Kier alpha value is -2.11. The molecule has 5 nitrogen and oxygen atoms in total. The summed E-state index contributed by atoms with van der Waals surface area (Å²) in [7, 11) is 0. The third-order valence-electron chi connectivity index (χ3n) is 3.44. The summed E-state index contributed by atoms with van der Waals surface area (Å²) in [5.74, 6) is -0.216. The summed E-state index contributed by atoms with van der Waals surface area (Å²) in [5, 5.41) is 6.30. The molecule has 2 rings (SSSR count). The number of rotatable bonds is 6. The molecule has 132 valence electrons. The first-order valence-electron chi connectivity index (χ1n) is 7.87. The Morgan fingerprint density at radius 3 is 2.60 bits per heavy atom. The van der Waals surface area contributed by atoms with Crippen LogP contribution in [-0.2, 0) is 0 Å². The molecule has 0 unspecified atom stereocenters. The van der Waals surface area contributed by atoms with Gasteiger partial charge in [0.2, 0.25) is 0 Å². The summed E-state index contributed by atoms with van der Waals surface area (Å²) in [5.41, 5.74) is 0.896. The summed E-state index contributed by atoms with van der Waals surface area (Å²) in [6.45, 7) is 4.72. The molecule has 0 atom stereocenters. The van der Waals surface area contributed by atoms with Crippen LogP contribution < -0.4 is 10.6 Å². The number of pyridine rings is 1. The van der Waals surface area contributed by atoms with Crippen LogP contribution in [-0.4, -0.2) is 23.3 Å². The summed E-state index contributed by atoms with van der Waals surface area (Å²) < 4.78 is 0. The number of nitrogens with zero attached hydrogens (tertiary/aromatic N) is 1. The van der Waals surface area contributed by atoms with E-state index in [9.17, 15) is 9.59 Å². The molecule has 0 saturated carbocycles. The van der Waals surface area contributed by atoms with Gasteiger partial charge >= 0.3 is 0 Å². The van der Waals surface area contributed by atoms with E-state index in [0.717, 1.165) is 6.42 Å². The Morgan fingerprint density at radius 1 is 1.12 bits per heavy atom. The van der Waals surface area contributed by atoms with E-state index in [2.05, 4.69) is 29.5 Å². The second-order valence-corrected chi connectivity index (χ2v) is 6.79. The number of anilines is 1. The SMILES string of the molecule is CC(C)CCNC(=O)c1cc(C(=O)Nc2cc(Cl)ccc2Cl)ccn1. The maximum atomic E-state index is 12.4. The molecular weight excluding hydrogens is 361 g/mol. The van der Waals surface area contributed by atoms with Crippen LogP contribution >= 0.6 is 23.2 Å². The summed E-state index contributed by atoms with van der Waals surface area (Å²) in [4.78, 5) is 28.5. The summed E-state index contributed by atoms with van der Waals surface area (Å²) >= 11 is 12.0. The molecule has 2 N–H and O–H groups in total. The van der Waals surface area contributed by atoms with Crippen molar-refractivity contribution in [3.8, 4) is 0 Å². The van der Waals surface area contributed by atoms with Crippen molar-refractivity contribution < 1.29 is 9.59 Å². The van der Waals surface area contributed by atoms with Crippen LogP contribution in [0.5, 0.6) is 0 Å². The van der Waals surface area contributed by atoms with Crippen molar-refractivity contribution in [3.05, 3.63) is 57.8 Å². The van der Waals surface area contributed by atoms with Gasteiger partial charge in [-0.25, -0.2) is 0 Å². The topological polar surface area (TPSA) is 71.1 Å². The number of halogens is 2. The molecule has 0 aliphatic carbocycles. The molecular formula is C18H19Cl2N3O2. The van der Waals surface area contributed by atoms with Crippen LogP contribution in [0, 0.1) is 5.92 Å². The van der Waals surface area contributed by atoms with Gasteiger partial charge in [0.25, 0.3) is 11.8 Å². The van der Waals surface area contributed by atoms with Gasteiger partial charge in [0.05, 0.1) is 10.7 Å².